The lowest BCUT2D eigenvalue weighted by Gasteiger charge is -2.37. The number of aromatic carboxylic acids is 1. The van der Waals surface area contributed by atoms with Gasteiger partial charge in [0.05, 0.1) is 22.2 Å². The van der Waals surface area contributed by atoms with Crippen LogP contribution in [0.4, 0.5) is 15.8 Å². The molecule has 168 valence electrons. The Morgan fingerprint density at radius 1 is 1.06 bits per heavy atom. The summed E-state index contributed by atoms with van der Waals surface area (Å²) < 4.78 is 42.2. The Hall–Kier alpha value is -3.65. The molecule has 0 amide bonds. The van der Waals surface area contributed by atoms with Crippen molar-refractivity contribution in [2.75, 3.05) is 10.0 Å². The number of allylic oxidation sites excluding steroid dienone is 2. The van der Waals surface area contributed by atoms with E-state index in [1.165, 1.54) is 24.3 Å². The molecular weight excluding hydrogens is 443 g/mol. The molecule has 0 radical (unpaired) electrons. The van der Waals surface area contributed by atoms with E-state index in [4.69, 9.17) is 5.11 Å². The number of halogens is 1. The van der Waals surface area contributed by atoms with Crippen molar-refractivity contribution in [3.63, 3.8) is 0 Å². The highest BCUT2D eigenvalue weighted by atomic mass is 32.2. The van der Waals surface area contributed by atoms with Gasteiger partial charge >= 0.3 is 5.97 Å². The number of para-hydroxylation sites is 1. The molecule has 3 aromatic rings. The van der Waals surface area contributed by atoms with Gasteiger partial charge in [-0.15, -0.1) is 0 Å². The molecule has 33 heavy (non-hydrogen) atoms. The minimum Gasteiger partial charge on any atom is -0.478 e. The monoisotopic (exact) mass is 464 g/mol. The summed E-state index contributed by atoms with van der Waals surface area (Å²) in [7, 11) is -3.97. The van der Waals surface area contributed by atoms with Crippen molar-refractivity contribution in [3.8, 4) is 0 Å². The Labute approximate surface area is 190 Å². The van der Waals surface area contributed by atoms with Gasteiger partial charge in [0.25, 0.3) is 10.0 Å². The Morgan fingerprint density at radius 3 is 2.55 bits per heavy atom. The van der Waals surface area contributed by atoms with Crippen LogP contribution in [0.2, 0.25) is 0 Å². The van der Waals surface area contributed by atoms with E-state index in [0.717, 1.165) is 23.2 Å². The Bertz CT molecular complexity index is 1370. The summed E-state index contributed by atoms with van der Waals surface area (Å²) in [6.45, 7) is 0. The predicted octanol–water partition coefficient (Wildman–Crippen LogP) is 5.15. The number of anilines is 2. The van der Waals surface area contributed by atoms with Crippen LogP contribution < -0.4 is 10.0 Å². The summed E-state index contributed by atoms with van der Waals surface area (Å²) in [4.78, 5) is 11.2. The zero-order chi connectivity index (χ0) is 23.2. The van der Waals surface area contributed by atoms with Crippen LogP contribution >= 0.6 is 0 Å². The summed E-state index contributed by atoms with van der Waals surface area (Å²) in [5.41, 5.74) is 2.79. The minimum atomic E-state index is -3.97. The van der Waals surface area contributed by atoms with Gasteiger partial charge in [-0.1, -0.05) is 36.4 Å². The molecule has 0 aromatic heterocycles. The second-order valence-electron chi connectivity index (χ2n) is 8.24. The molecule has 1 aliphatic carbocycles. The topological polar surface area (TPSA) is 95.5 Å². The highest BCUT2D eigenvalue weighted by Gasteiger charge is 2.38. The highest BCUT2D eigenvalue weighted by Crippen LogP contribution is 2.50. The van der Waals surface area contributed by atoms with Crippen molar-refractivity contribution in [2.24, 2.45) is 5.92 Å². The lowest BCUT2D eigenvalue weighted by atomic mass is 9.77. The summed E-state index contributed by atoms with van der Waals surface area (Å²) >= 11 is 0. The standard InChI is InChI=1S/C25H21FN2O4S/c26-21-6-1-2-7-23(21)28-33(31,32)17-12-13-22-20(14-17)18-4-3-5-19(18)24(27-22)15-8-10-16(11-9-15)25(29)30/h1-4,6-14,18-19,24,27-28H,5H2,(H,29,30). The highest BCUT2D eigenvalue weighted by molar-refractivity contribution is 7.92. The first kappa shape index (κ1) is 21.2. The number of carboxylic acid groups (broad SMARTS) is 1. The smallest absolute Gasteiger partial charge is 0.335 e. The first-order valence-electron chi connectivity index (χ1n) is 10.5. The molecule has 0 bridgehead atoms. The van der Waals surface area contributed by atoms with E-state index in [1.54, 1.807) is 30.3 Å². The average molecular weight is 465 g/mol. The van der Waals surface area contributed by atoms with Crippen LogP contribution in [0.1, 0.15) is 39.9 Å². The number of nitrogens with one attached hydrogen (secondary N) is 2. The lowest BCUT2D eigenvalue weighted by molar-refractivity contribution is 0.0697. The maximum Gasteiger partial charge on any atom is 0.335 e. The van der Waals surface area contributed by atoms with Crippen molar-refractivity contribution in [2.45, 2.75) is 23.3 Å². The zero-order valence-corrected chi connectivity index (χ0v) is 18.2. The fraction of sp³-hybridized carbons (Fsp3) is 0.160. The SMILES string of the molecule is O=C(O)c1ccc(C2Nc3ccc(S(=O)(=O)Nc4ccccc4F)cc3C3C=CCC32)cc1. The number of carbonyl (C=O) groups is 1. The average Bonchev–Trinajstić information content (AvgIpc) is 3.30. The van der Waals surface area contributed by atoms with E-state index in [1.807, 2.05) is 12.1 Å². The van der Waals surface area contributed by atoms with Crippen molar-refractivity contribution < 1.29 is 22.7 Å². The number of fused-ring (bicyclic) bond motifs is 3. The van der Waals surface area contributed by atoms with Gasteiger partial charge in [0.15, 0.2) is 0 Å². The molecule has 1 aliphatic heterocycles. The van der Waals surface area contributed by atoms with Gasteiger partial charge in [0.2, 0.25) is 0 Å². The fourth-order valence-corrected chi connectivity index (χ4v) is 5.75. The van der Waals surface area contributed by atoms with Crippen molar-refractivity contribution in [3.05, 3.63) is 101 Å². The molecule has 6 nitrogen and oxygen atoms in total. The molecule has 3 atom stereocenters. The van der Waals surface area contributed by atoms with E-state index in [9.17, 15) is 17.6 Å². The number of benzene rings is 3. The molecular formula is C25H21FN2O4S. The molecule has 0 fully saturated rings. The van der Waals surface area contributed by atoms with Crippen LogP contribution in [0.15, 0.2) is 83.8 Å². The van der Waals surface area contributed by atoms with Crippen molar-refractivity contribution in [1.82, 2.24) is 0 Å². The molecule has 0 spiro atoms. The van der Waals surface area contributed by atoms with E-state index in [0.29, 0.717) is 0 Å². The third-order valence-electron chi connectivity index (χ3n) is 6.28. The number of rotatable bonds is 5. The van der Waals surface area contributed by atoms with Crippen LogP contribution in [0.3, 0.4) is 0 Å². The summed E-state index contributed by atoms with van der Waals surface area (Å²) in [5, 5.41) is 12.7. The minimum absolute atomic E-state index is 0.00834. The molecule has 2 aliphatic rings. The summed E-state index contributed by atoms with van der Waals surface area (Å²) in [6, 6.07) is 17.3. The third-order valence-corrected chi connectivity index (χ3v) is 7.64. The number of sulfonamides is 1. The zero-order valence-electron chi connectivity index (χ0n) is 17.4. The van der Waals surface area contributed by atoms with Crippen LogP contribution in [-0.4, -0.2) is 19.5 Å². The van der Waals surface area contributed by atoms with Gasteiger partial charge in [-0.2, -0.15) is 0 Å². The maximum absolute atomic E-state index is 14.0. The first-order valence-corrected chi connectivity index (χ1v) is 12.0. The van der Waals surface area contributed by atoms with E-state index in [-0.39, 0.29) is 34.0 Å². The van der Waals surface area contributed by atoms with Crippen LogP contribution in [0, 0.1) is 11.7 Å². The molecule has 0 saturated carbocycles. The maximum atomic E-state index is 14.0. The largest absolute Gasteiger partial charge is 0.478 e. The van der Waals surface area contributed by atoms with Crippen LogP contribution in [0.5, 0.6) is 0 Å². The molecule has 0 saturated heterocycles. The first-order chi connectivity index (χ1) is 15.8. The van der Waals surface area contributed by atoms with Gasteiger partial charge < -0.3 is 10.4 Å². The summed E-state index contributed by atoms with van der Waals surface area (Å²) in [5.74, 6) is -1.45. The molecule has 8 heteroatoms. The Morgan fingerprint density at radius 2 is 1.82 bits per heavy atom. The van der Waals surface area contributed by atoms with E-state index in [2.05, 4.69) is 22.2 Å². The van der Waals surface area contributed by atoms with Gasteiger partial charge in [0, 0.05) is 11.6 Å². The normalized spacial score (nSPS) is 21.1. The van der Waals surface area contributed by atoms with Gasteiger partial charge in [-0.3, -0.25) is 4.72 Å². The quantitative estimate of drug-likeness (QED) is 0.454. The number of hydrogen-bond donors (Lipinski definition) is 3. The molecule has 5 rings (SSSR count). The fourth-order valence-electron chi connectivity index (χ4n) is 4.65. The van der Waals surface area contributed by atoms with E-state index >= 15 is 0 Å². The predicted molar refractivity (Wildman–Crippen MR) is 123 cm³/mol. The van der Waals surface area contributed by atoms with Crippen molar-refractivity contribution >= 4 is 27.4 Å². The van der Waals surface area contributed by atoms with Crippen LogP contribution in [-0.2, 0) is 10.0 Å². The van der Waals surface area contributed by atoms with Gasteiger partial charge in [-0.05, 0) is 65.9 Å². The Balaban J connectivity index is 1.47. The molecule has 1 heterocycles. The van der Waals surface area contributed by atoms with Gasteiger partial charge in [0.1, 0.15) is 5.82 Å². The van der Waals surface area contributed by atoms with Crippen molar-refractivity contribution in [1.29, 1.82) is 0 Å². The second-order valence-corrected chi connectivity index (χ2v) is 9.92. The lowest BCUT2D eigenvalue weighted by Crippen LogP contribution is -2.29. The van der Waals surface area contributed by atoms with Crippen LogP contribution in [0.25, 0.3) is 0 Å². The number of carboxylic acids is 1. The molecule has 3 unspecified atom stereocenters. The third kappa shape index (κ3) is 3.87. The Kier molecular flexibility index (Phi) is 5.17. The van der Waals surface area contributed by atoms with E-state index < -0.39 is 21.8 Å². The number of hydrogen-bond acceptors (Lipinski definition) is 4. The second kappa shape index (κ2) is 8.04. The van der Waals surface area contributed by atoms with Gasteiger partial charge in [-0.25, -0.2) is 17.6 Å². The molecule has 3 aromatic carbocycles. The summed E-state index contributed by atoms with van der Waals surface area (Å²) in [6.07, 6.45) is 4.99. The molecule has 3 N–H and O–H groups in total.